The third-order valence-electron chi connectivity index (χ3n) is 2.66. The summed E-state index contributed by atoms with van der Waals surface area (Å²) in [5.41, 5.74) is 0.0741. The van der Waals surface area contributed by atoms with Crippen LogP contribution in [0, 0.1) is 5.82 Å². The Balaban J connectivity index is 2.53. The number of alkyl halides is 3. The summed E-state index contributed by atoms with van der Waals surface area (Å²) < 4.78 is 55.8. The smallest absolute Gasteiger partial charge is 0.416 e. The Labute approximate surface area is 107 Å². The second-order valence-electron chi connectivity index (χ2n) is 3.92. The second kappa shape index (κ2) is 4.91. The molecule has 0 saturated carbocycles. The van der Waals surface area contributed by atoms with Crippen LogP contribution < -0.4 is 4.74 Å². The fourth-order valence-corrected chi connectivity index (χ4v) is 1.76. The number of hydrogen-bond acceptors (Lipinski definition) is 1. The lowest BCUT2D eigenvalue weighted by molar-refractivity contribution is -0.137. The third kappa shape index (κ3) is 2.86. The number of hydrogen-bond donors (Lipinski definition) is 0. The quantitative estimate of drug-likeness (QED) is 0.729. The Bertz CT molecular complexity index is 590. The Kier molecular flexibility index (Phi) is 3.46. The van der Waals surface area contributed by atoms with Gasteiger partial charge < -0.3 is 4.74 Å². The first-order valence-corrected chi connectivity index (χ1v) is 5.43. The minimum absolute atomic E-state index is 0.0559. The van der Waals surface area contributed by atoms with Gasteiger partial charge in [0.15, 0.2) is 0 Å². The van der Waals surface area contributed by atoms with Gasteiger partial charge in [0.2, 0.25) is 0 Å². The fourth-order valence-electron chi connectivity index (χ4n) is 1.76. The number of halogens is 4. The first kappa shape index (κ1) is 13.4. The van der Waals surface area contributed by atoms with E-state index in [4.69, 9.17) is 4.74 Å². The lowest BCUT2D eigenvalue weighted by Crippen LogP contribution is -2.05. The number of methoxy groups -OCH3 is 1. The van der Waals surface area contributed by atoms with Crippen molar-refractivity contribution in [1.82, 2.24) is 0 Å². The van der Waals surface area contributed by atoms with E-state index in [1.807, 2.05) is 0 Å². The molecule has 0 saturated heterocycles. The van der Waals surface area contributed by atoms with Crippen LogP contribution in [0.2, 0.25) is 0 Å². The van der Waals surface area contributed by atoms with Gasteiger partial charge >= 0.3 is 6.18 Å². The largest absolute Gasteiger partial charge is 0.496 e. The molecule has 0 fully saturated rings. The van der Waals surface area contributed by atoms with E-state index in [-0.39, 0.29) is 5.75 Å². The van der Waals surface area contributed by atoms with Gasteiger partial charge in [0.05, 0.1) is 12.7 Å². The van der Waals surface area contributed by atoms with Gasteiger partial charge in [0, 0.05) is 5.56 Å². The van der Waals surface area contributed by atoms with Crippen molar-refractivity contribution in [2.45, 2.75) is 6.18 Å². The normalized spacial score (nSPS) is 11.4. The van der Waals surface area contributed by atoms with Gasteiger partial charge in [-0.05, 0) is 29.8 Å². The molecule has 0 aliphatic heterocycles. The number of ether oxygens (including phenoxy) is 1. The molecule has 1 nitrogen and oxygen atoms in total. The minimum Gasteiger partial charge on any atom is -0.496 e. The summed E-state index contributed by atoms with van der Waals surface area (Å²) in [6, 6.07) is 8.72. The van der Waals surface area contributed by atoms with Crippen LogP contribution in [0.15, 0.2) is 42.5 Å². The van der Waals surface area contributed by atoms with E-state index < -0.39 is 17.6 Å². The lowest BCUT2D eigenvalue weighted by Gasteiger charge is -2.12. The maximum absolute atomic E-state index is 13.1. The van der Waals surface area contributed by atoms with E-state index in [9.17, 15) is 17.6 Å². The zero-order valence-corrected chi connectivity index (χ0v) is 9.96. The Morgan fingerprint density at radius 2 is 1.74 bits per heavy atom. The molecule has 2 aromatic carbocycles. The molecule has 0 bridgehead atoms. The molecule has 19 heavy (non-hydrogen) atoms. The molecule has 0 aliphatic carbocycles. The molecule has 0 atom stereocenters. The molecular formula is C14H10F4O. The highest BCUT2D eigenvalue weighted by molar-refractivity contribution is 5.71. The van der Waals surface area contributed by atoms with Crippen molar-refractivity contribution in [2.75, 3.05) is 7.11 Å². The molecule has 100 valence electrons. The predicted octanol–water partition coefficient (Wildman–Crippen LogP) is 4.52. The molecule has 0 heterocycles. The molecule has 2 aromatic rings. The third-order valence-corrected chi connectivity index (χ3v) is 2.66. The molecule has 0 aliphatic rings. The summed E-state index contributed by atoms with van der Waals surface area (Å²) in [5.74, 6) is -0.403. The van der Waals surface area contributed by atoms with E-state index in [0.29, 0.717) is 11.1 Å². The summed E-state index contributed by atoms with van der Waals surface area (Å²) in [6.07, 6.45) is -4.44. The molecule has 0 amide bonds. The van der Waals surface area contributed by atoms with E-state index in [0.717, 1.165) is 12.1 Å². The first-order chi connectivity index (χ1) is 8.91. The van der Waals surface area contributed by atoms with Crippen LogP contribution in [0.4, 0.5) is 17.6 Å². The molecule has 5 heteroatoms. The van der Waals surface area contributed by atoms with Gasteiger partial charge in [-0.3, -0.25) is 0 Å². The summed E-state index contributed by atoms with van der Waals surface area (Å²) in [5, 5.41) is 0. The van der Waals surface area contributed by atoms with E-state index in [1.165, 1.54) is 31.4 Å². The fraction of sp³-hybridized carbons (Fsp3) is 0.143. The van der Waals surface area contributed by atoms with Crippen molar-refractivity contribution in [3.63, 3.8) is 0 Å². The summed E-state index contributed by atoms with van der Waals surface area (Å²) in [4.78, 5) is 0. The van der Waals surface area contributed by atoms with Crippen LogP contribution in [0.25, 0.3) is 11.1 Å². The SMILES string of the molecule is COc1cc(C(F)(F)F)ccc1-c1cccc(F)c1. The maximum Gasteiger partial charge on any atom is 0.416 e. The Morgan fingerprint density at radius 1 is 1.00 bits per heavy atom. The number of benzene rings is 2. The van der Waals surface area contributed by atoms with Crippen LogP contribution in [-0.2, 0) is 6.18 Å². The zero-order valence-electron chi connectivity index (χ0n) is 9.96. The molecule has 2 rings (SSSR count). The molecular weight excluding hydrogens is 260 g/mol. The van der Waals surface area contributed by atoms with Crippen LogP contribution in [0.5, 0.6) is 5.75 Å². The predicted molar refractivity (Wildman–Crippen MR) is 63.4 cm³/mol. The van der Waals surface area contributed by atoms with E-state index >= 15 is 0 Å². The van der Waals surface area contributed by atoms with Crippen molar-refractivity contribution in [3.05, 3.63) is 53.8 Å². The average Bonchev–Trinajstić information content (AvgIpc) is 2.37. The van der Waals surface area contributed by atoms with Gasteiger partial charge in [-0.25, -0.2) is 4.39 Å². The van der Waals surface area contributed by atoms with Crippen LogP contribution in [0.1, 0.15) is 5.56 Å². The topological polar surface area (TPSA) is 9.23 Å². The summed E-state index contributed by atoms with van der Waals surface area (Å²) in [7, 11) is 1.28. The molecule has 0 spiro atoms. The van der Waals surface area contributed by atoms with Gasteiger partial charge in [-0.1, -0.05) is 18.2 Å². The van der Waals surface area contributed by atoms with E-state index in [1.54, 1.807) is 6.07 Å². The van der Waals surface area contributed by atoms with Crippen molar-refractivity contribution < 1.29 is 22.3 Å². The van der Waals surface area contributed by atoms with Crippen LogP contribution in [-0.4, -0.2) is 7.11 Å². The lowest BCUT2D eigenvalue weighted by atomic mass is 10.0. The molecule has 0 N–H and O–H groups in total. The maximum atomic E-state index is 13.1. The molecule has 0 unspecified atom stereocenters. The van der Waals surface area contributed by atoms with Crippen molar-refractivity contribution >= 4 is 0 Å². The van der Waals surface area contributed by atoms with Crippen LogP contribution in [0.3, 0.4) is 0 Å². The minimum atomic E-state index is -4.44. The standard InChI is InChI=1S/C14H10F4O/c1-19-13-8-10(14(16,17)18)5-6-12(13)9-3-2-4-11(15)7-9/h2-8H,1H3. The van der Waals surface area contributed by atoms with Crippen molar-refractivity contribution in [2.24, 2.45) is 0 Å². The molecule has 0 aromatic heterocycles. The van der Waals surface area contributed by atoms with Gasteiger partial charge in [0.25, 0.3) is 0 Å². The zero-order chi connectivity index (χ0) is 14.0. The first-order valence-electron chi connectivity index (χ1n) is 5.43. The average molecular weight is 270 g/mol. The highest BCUT2D eigenvalue weighted by Crippen LogP contribution is 2.37. The Morgan fingerprint density at radius 3 is 2.32 bits per heavy atom. The Hall–Kier alpha value is -2.04. The van der Waals surface area contributed by atoms with E-state index in [2.05, 4.69) is 0 Å². The van der Waals surface area contributed by atoms with Gasteiger partial charge in [-0.2, -0.15) is 13.2 Å². The summed E-state index contributed by atoms with van der Waals surface area (Å²) >= 11 is 0. The van der Waals surface area contributed by atoms with Crippen molar-refractivity contribution in [1.29, 1.82) is 0 Å². The van der Waals surface area contributed by atoms with Crippen molar-refractivity contribution in [3.8, 4) is 16.9 Å². The van der Waals surface area contributed by atoms with Crippen LogP contribution >= 0.6 is 0 Å². The second-order valence-corrected chi connectivity index (χ2v) is 3.92. The number of rotatable bonds is 2. The highest BCUT2D eigenvalue weighted by atomic mass is 19.4. The monoisotopic (exact) mass is 270 g/mol. The summed E-state index contributed by atoms with van der Waals surface area (Å²) in [6.45, 7) is 0. The van der Waals surface area contributed by atoms with Gasteiger partial charge in [0.1, 0.15) is 11.6 Å². The van der Waals surface area contributed by atoms with Gasteiger partial charge in [-0.15, -0.1) is 0 Å². The highest BCUT2D eigenvalue weighted by Gasteiger charge is 2.31. The molecule has 0 radical (unpaired) electrons.